The molecule has 1 rings (SSSR count). The van der Waals surface area contributed by atoms with Crippen LogP contribution in [0, 0.1) is 10.1 Å². The number of alkyl halides is 3. The molecule has 0 fully saturated rings. The van der Waals surface area contributed by atoms with Gasteiger partial charge in [-0.2, -0.15) is 21.6 Å². The number of sulfonamides is 1. The summed E-state index contributed by atoms with van der Waals surface area (Å²) in [5.41, 5.74) is -6.47. The van der Waals surface area contributed by atoms with E-state index in [0.717, 1.165) is 29.0 Å². The Kier molecular flexibility index (Phi) is 3.79. The van der Waals surface area contributed by atoms with E-state index in [1.165, 1.54) is 0 Å². The number of nitrogens with one attached hydrogen (secondary N) is 1. The second-order valence-corrected chi connectivity index (χ2v) is 4.86. The fraction of sp³-hybridized carbons (Fsp3) is 0.125. The maximum Gasteiger partial charge on any atom is 0.516 e. The average Bonchev–Trinajstić information content (AvgIpc) is 2.27. The van der Waals surface area contributed by atoms with Crippen molar-refractivity contribution < 1.29 is 31.3 Å². The van der Waals surface area contributed by atoms with Gasteiger partial charge in [0.2, 0.25) is 0 Å². The summed E-state index contributed by atoms with van der Waals surface area (Å²) in [5, 5.41) is 10.3. The highest BCUT2D eigenvalue weighted by Gasteiger charge is 2.47. The number of hydrogen-bond donors (Lipinski definition) is 1. The Bertz CT molecular complexity index is 608. The molecule has 1 N–H and O–H groups in total. The van der Waals surface area contributed by atoms with E-state index in [9.17, 15) is 36.5 Å². The zero-order valence-corrected chi connectivity index (χ0v) is 9.66. The highest BCUT2D eigenvalue weighted by Crippen LogP contribution is 2.22. The third kappa shape index (κ3) is 3.40. The van der Waals surface area contributed by atoms with Crippen molar-refractivity contribution in [3.8, 4) is 0 Å². The van der Waals surface area contributed by atoms with Crippen LogP contribution in [-0.2, 0) is 10.0 Å². The molecule has 19 heavy (non-hydrogen) atoms. The van der Waals surface area contributed by atoms with Gasteiger partial charge in [-0.15, -0.1) is 0 Å². The molecule has 0 aliphatic rings. The van der Waals surface area contributed by atoms with Crippen molar-refractivity contribution >= 4 is 21.6 Å². The summed E-state index contributed by atoms with van der Waals surface area (Å²) >= 11 is 0. The van der Waals surface area contributed by atoms with Gasteiger partial charge < -0.3 is 0 Å². The lowest BCUT2D eigenvalue weighted by Crippen LogP contribution is -2.40. The molecule has 0 aromatic heterocycles. The van der Waals surface area contributed by atoms with Gasteiger partial charge in [-0.3, -0.25) is 14.9 Å². The van der Waals surface area contributed by atoms with Crippen LogP contribution in [0.4, 0.5) is 18.9 Å². The van der Waals surface area contributed by atoms with Crippen molar-refractivity contribution in [2.75, 3.05) is 0 Å². The van der Waals surface area contributed by atoms with Crippen molar-refractivity contribution in [2.24, 2.45) is 0 Å². The van der Waals surface area contributed by atoms with Gasteiger partial charge in [0, 0.05) is 17.7 Å². The fourth-order valence-electron chi connectivity index (χ4n) is 0.973. The van der Waals surface area contributed by atoms with E-state index in [-0.39, 0.29) is 0 Å². The Labute approximate surface area is 104 Å². The van der Waals surface area contributed by atoms with E-state index in [1.807, 2.05) is 0 Å². The zero-order valence-electron chi connectivity index (χ0n) is 8.84. The van der Waals surface area contributed by atoms with Gasteiger partial charge in [0.05, 0.1) is 4.92 Å². The van der Waals surface area contributed by atoms with E-state index < -0.39 is 37.6 Å². The molecule has 1 aromatic rings. The number of benzene rings is 1. The topological polar surface area (TPSA) is 106 Å². The lowest BCUT2D eigenvalue weighted by atomic mass is 10.2. The molecule has 0 saturated carbocycles. The number of rotatable bonds is 3. The Morgan fingerprint density at radius 2 is 1.68 bits per heavy atom. The quantitative estimate of drug-likeness (QED) is 0.666. The van der Waals surface area contributed by atoms with Crippen LogP contribution >= 0.6 is 0 Å². The van der Waals surface area contributed by atoms with Crippen LogP contribution in [0.1, 0.15) is 10.4 Å². The number of non-ortho nitro benzene ring substituents is 1. The molecule has 7 nitrogen and oxygen atoms in total. The summed E-state index contributed by atoms with van der Waals surface area (Å²) in [6, 6.07) is 3.38. The number of hydrogen-bond acceptors (Lipinski definition) is 5. The number of halogens is 3. The first-order chi connectivity index (χ1) is 8.54. The number of carbonyl (C=O) groups is 1. The third-order valence-corrected chi connectivity index (χ3v) is 2.94. The number of amides is 1. The largest absolute Gasteiger partial charge is 0.516 e. The van der Waals surface area contributed by atoms with Crippen molar-refractivity contribution in [2.45, 2.75) is 5.51 Å². The van der Waals surface area contributed by atoms with Crippen LogP contribution in [0.2, 0.25) is 0 Å². The maximum absolute atomic E-state index is 12.0. The van der Waals surface area contributed by atoms with E-state index in [0.29, 0.717) is 0 Å². The molecule has 0 atom stereocenters. The van der Waals surface area contributed by atoms with Gasteiger partial charge in [0.1, 0.15) is 0 Å². The van der Waals surface area contributed by atoms with E-state index >= 15 is 0 Å². The Hall–Kier alpha value is -2.17. The molecule has 1 amide bonds. The Morgan fingerprint density at radius 3 is 2.05 bits per heavy atom. The fourth-order valence-corrected chi connectivity index (χ4v) is 1.45. The summed E-state index contributed by atoms with van der Waals surface area (Å²) < 4.78 is 58.1. The summed E-state index contributed by atoms with van der Waals surface area (Å²) in [4.78, 5) is 20.7. The predicted molar refractivity (Wildman–Crippen MR) is 55.5 cm³/mol. The molecule has 1 aromatic carbocycles. The lowest BCUT2D eigenvalue weighted by molar-refractivity contribution is -0.384. The molecule has 0 aliphatic carbocycles. The molecule has 0 spiro atoms. The van der Waals surface area contributed by atoms with E-state index in [2.05, 4.69) is 0 Å². The van der Waals surface area contributed by atoms with E-state index in [1.54, 1.807) is 0 Å². The Balaban J connectivity index is 2.94. The number of nitro groups is 1. The maximum atomic E-state index is 12.0. The Morgan fingerprint density at radius 1 is 1.21 bits per heavy atom. The normalized spacial score (nSPS) is 11.9. The average molecular weight is 298 g/mol. The van der Waals surface area contributed by atoms with Crippen LogP contribution in [0.5, 0.6) is 0 Å². The number of nitrogens with zero attached hydrogens (tertiary/aromatic N) is 1. The first kappa shape index (κ1) is 14.9. The van der Waals surface area contributed by atoms with Crippen molar-refractivity contribution in [3.63, 3.8) is 0 Å². The summed E-state index contributed by atoms with van der Waals surface area (Å²) in [5.74, 6) is -1.53. The first-order valence-electron chi connectivity index (χ1n) is 4.42. The predicted octanol–water partition coefficient (Wildman–Crippen LogP) is 1.17. The number of carbonyl (C=O) groups excluding carboxylic acids is 1. The molecule has 0 saturated heterocycles. The van der Waals surface area contributed by atoms with Gasteiger partial charge >= 0.3 is 15.5 Å². The first-order valence-corrected chi connectivity index (χ1v) is 5.91. The standard InChI is InChI=1S/C8H5F3N2O5S/c9-8(10,11)19(17,18)12-7(14)5-1-3-6(4-2-5)13(15)16/h1-4H,(H,12,14). The van der Waals surface area contributed by atoms with Gasteiger partial charge in [-0.05, 0) is 12.1 Å². The summed E-state index contributed by atoms with van der Waals surface area (Å²) in [6.07, 6.45) is 0. The molecule has 0 heterocycles. The highest BCUT2D eigenvalue weighted by molar-refractivity contribution is 7.90. The van der Waals surface area contributed by atoms with E-state index in [4.69, 9.17) is 0 Å². The second kappa shape index (κ2) is 4.84. The lowest BCUT2D eigenvalue weighted by Gasteiger charge is -2.09. The molecule has 104 valence electrons. The van der Waals surface area contributed by atoms with Gasteiger partial charge in [0.15, 0.2) is 0 Å². The van der Waals surface area contributed by atoms with Crippen molar-refractivity contribution in [3.05, 3.63) is 39.9 Å². The molecule has 11 heteroatoms. The van der Waals surface area contributed by atoms with Gasteiger partial charge in [0.25, 0.3) is 11.6 Å². The van der Waals surface area contributed by atoms with Crippen molar-refractivity contribution in [1.82, 2.24) is 4.72 Å². The zero-order chi connectivity index (χ0) is 14.8. The van der Waals surface area contributed by atoms with Crippen LogP contribution in [0.3, 0.4) is 0 Å². The molecule has 0 radical (unpaired) electrons. The molecular formula is C8H5F3N2O5S. The van der Waals surface area contributed by atoms with Gasteiger partial charge in [-0.25, -0.2) is 4.72 Å². The van der Waals surface area contributed by atoms with Crippen LogP contribution in [0.15, 0.2) is 24.3 Å². The van der Waals surface area contributed by atoms with Crippen LogP contribution in [0.25, 0.3) is 0 Å². The molecule has 0 aliphatic heterocycles. The monoisotopic (exact) mass is 298 g/mol. The summed E-state index contributed by atoms with van der Waals surface area (Å²) in [6.45, 7) is 0. The minimum Gasteiger partial charge on any atom is -0.268 e. The SMILES string of the molecule is O=C(NS(=O)(=O)C(F)(F)F)c1ccc([N+](=O)[O-])cc1. The molecule has 0 bridgehead atoms. The number of nitro benzene ring substituents is 1. The van der Waals surface area contributed by atoms with Gasteiger partial charge in [-0.1, -0.05) is 0 Å². The minimum atomic E-state index is -5.80. The molecule has 0 unspecified atom stereocenters. The minimum absolute atomic E-state index is 0.393. The van der Waals surface area contributed by atoms with Crippen LogP contribution in [-0.4, -0.2) is 24.8 Å². The van der Waals surface area contributed by atoms with Crippen molar-refractivity contribution in [1.29, 1.82) is 0 Å². The second-order valence-electron chi connectivity index (χ2n) is 3.18. The van der Waals surface area contributed by atoms with Crippen LogP contribution < -0.4 is 4.72 Å². The smallest absolute Gasteiger partial charge is 0.268 e. The summed E-state index contributed by atoms with van der Waals surface area (Å²) in [7, 11) is -5.80. The highest BCUT2D eigenvalue weighted by atomic mass is 32.2. The molecular weight excluding hydrogens is 293 g/mol. The third-order valence-electron chi connectivity index (χ3n) is 1.87.